The monoisotopic (exact) mass is 453 g/mol. The SMILES string of the molecule is C=P(C)(C)/C(=C/c1cc(N=c2sc(=O)n3n2CCCC3)c(C)cc1Cl)C(=O)OC. The van der Waals surface area contributed by atoms with Crippen LogP contribution in [0.4, 0.5) is 5.69 Å². The fourth-order valence-corrected chi connectivity index (χ4v) is 5.40. The van der Waals surface area contributed by atoms with Crippen molar-refractivity contribution in [2.75, 3.05) is 20.4 Å². The summed E-state index contributed by atoms with van der Waals surface area (Å²) in [4.78, 5) is 30.0. The fourth-order valence-electron chi connectivity index (χ4n) is 3.16. The Balaban J connectivity index is 2.17. The predicted molar refractivity (Wildman–Crippen MR) is 123 cm³/mol. The maximum absolute atomic E-state index is 12.3. The number of fused-ring (bicyclic) bond motifs is 1. The van der Waals surface area contributed by atoms with Gasteiger partial charge in [0.1, 0.15) is 0 Å². The highest BCUT2D eigenvalue weighted by Crippen LogP contribution is 2.47. The Morgan fingerprint density at radius 3 is 2.59 bits per heavy atom. The van der Waals surface area contributed by atoms with Crippen LogP contribution < -0.4 is 9.67 Å². The van der Waals surface area contributed by atoms with E-state index in [1.54, 1.807) is 10.8 Å². The third-order valence-electron chi connectivity index (χ3n) is 4.76. The molecular formula is C20H25ClN3O3PS. The van der Waals surface area contributed by atoms with Gasteiger partial charge in [-0.25, -0.2) is 14.5 Å². The van der Waals surface area contributed by atoms with Crippen molar-refractivity contribution >= 4 is 53.9 Å². The molecule has 1 aromatic heterocycles. The fraction of sp³-hybridized carbons (Fsp3) is 0.400. The molecule has 1 aliphatic rings. The van der Waals surface area contributed by atoms with Crippen LogP contribution in [0.2, 0.25) is 5.02 Å². The third kappa shape index (κ3) is 4.68. The van der Waals surface area contributed by atoms with Gasteiger partial charge in [-0.2, -0.15) is 0 Å². The van der Waals surface area contributed by atoms with Crippen LogP contribution in [0.5, 0.6) is 0 Å². The molecule has 1 aliphatic heterocycles. The summed E-state index contributed by atoms with van der Waals surface area (Å²) in [6.07, 6.45) is 7.94. The highest BCUT2D eigenvalue weighted by molar-refractivity contribution is 7.77. The molecule has 2 aromatic rings. The number of ether oxygens (including phenoxy) is 1. The van der Waals surface area contributed by atoms with Crippen LogP contribution in [-0.4, -0.2) is 42.1 Å². The number of esters is 1. The smallest absolute Gasteiger partial charge is 0.338 e. The molecule has 0 N–H and O–H groups in total. The van der Waals surface area contributed by atoms with Gasteiger partial charge in [0.2, 0.25) is 4.80 Å². The van der Waals surface area contributed by atoms with E-state index in [9.17, 15) is 9.59 Å². The molecule has 3 rings (SSSR count). The van der Waals surface area contributed by atoms with Crippen molar-refractivity contribution in [3.63, 3.8) is 0 Å². The lowest BCUT2D eigenvalue weighted by Gasteiger charge is -2.17. The Labute approximate surface area is 179 Å². The van der Waals surface area contributed by atoms with Crippen LogP contribution in [0.3, 0.4) is 0 Å². The number of benzene rings is 1. The molecular weight excluding hydrogens is 429 g/mol. The molecule has 156 valence electrons. The van der Waals surface area contributed by atoms with Crippen molar-refractivity contribution in [1.82, 2.24) is 9.36 Å². The van der Waals surface area contributed by atoms with Crippen molar-refractivity contribution in [3.8, 4) is 0 Å². The Morgan fingerprint density at radius 2 is 1.97 bits per heavy atom. The molecule has 0 fully saturated rings. The van der Waals surface area contributed by atoms with Gasteiger partial charge in [0.05, 0.1) is 18.1 Å². The summed E-state index contributed by atoms with van der Waals surface area (Å²) in [5, 5.41) is 1.05. The summed E-state index contributed by atoms with van der Waals surface area (Å²) >= 11 is 7.61. The van der Waals surface area contributed by atoms with E-state index in [0.29, 0.717) is 26.4 Å². The molecule has 0 aliphatic carbocycles. The minimum Gasteiger partial charge on any atom is -0.465 e. The molecule has 9 heteroatoms. The summed E-state index contributed by atoms with van der Waals surface area (Å²) in [6, 6.07) is 3.67. The summed E-state index contributed by atoms with van der Waals surface area (Å²) in [6.45, 7) is 5.44. The highest BCUT2D eigenvalue weighted by Gasteiger charge is 2.19. The van der Waals surface area contributed by atoms with Crippen LogP contribution >= 0.6 is 29.8 Å². The Morgan fingerprint density at radius 1 is 1.31 bits per heavy atom. The molecule has 0 saturated heterocycles. The van der Waals surface area contributed by atoms with Gasteiger partial charge in [-0.15, -0.1) is 0 Å². The van der Waals surface area contributed by atoms with Gasteiger partial charge < -0.3 is 4.74 Å². The van der Waals surface area contributed by atoms with Crippen molar-refractivity contribution in [1.29, 1.82) is 0 Å². The molecule has 29 heavy (non-hydrogen) atoms. The lowest BCUT2D eigenvalue weighted by molar-refractivity contribution is -0.135. The van der Waals surface area contributed by atoms with Crippen molar-refractivity contribution in [3.05, 3.63) is 48.1 Å². The maximum Gasteiger partial charge on any atom is 0.338 e. The molecule has 0 spiro atoms. The standard InChI is InChI=1S/C20H25ClN3O3PS/c1-13-10-15(21)14(12-17(18(25)27-2)28(3,4)5)11-16(13)22-19-23-8-6-7-9-24(23)20(26)29-19/h10-12H,3,6-9H2,1-2,4-5H3/b17-12+,22-19?. The molecule has 0 saturated carbocycles. The van der Waals surface area contributed by atoms with E-state index < -0.39 is 12.9 Å². The van der Waals surface area contributed by atoms with E-state index in [0.717, 1.165) is 42.8 Å². The first-order valence-electron chi connectivity index (χ1n) is 9.26. The third-order valence-corrected chi connectivity index (χ3v) is 7.57. The number of halogens is 1. The van der Waals surface area contributed by atoms with Gasteiger partial charge in [0.25, 0.3) is 0 Å². The second-order valence-electron chi connectivity index (χ2n) is 7.58. The summed E-state index contributed by atoms with van der Waals surface area (Å²) in [7, 11) is 1.36. The van der Waals surface area contributed by atoms with Crippen LogP contribution in [0.15, 0.2) is 27.2 Å². The van der Waals surface area contributed by atoms with Gasteiger partial charge in [-0.3, -0.25) is 9.48 Å². The lowest BCUT2D eigenvalue weighted by Crippen LogP contribution is -2.31. The number of aromatic nitrogens is 2. The van der Waals surface area contributed by atoms with Gasteiger partial charge in [-0.05, 0) is 73.8 Å². The number of aryl methyl sites for hydroxylation is 1. The zero-order valence-electron chi connectivity index (χ0n) is 17.1. The average molecular weight is 454 g/mol. The summed E-state index contributed by atoms with van der Waals surface area (Å²) < 4.78 is 8.64. The van der Waals surface area contributed by atoms with E-state index in [-0.39, 0.29) is 4.87 Å². The van der Waals surface area contributed by atoms with E-state index in [1.165, 1.54) is 7.11 Å². The van der Waals surface area contributed by atoms with Crippen LogP contribution in [0.25, 0.3) is 6.08 Å². The number of rotatable bonds is 4. The van der Waals surface area contributed by atoms with Gasteiger partial charge >= 0.3 is 10.8 Å². The molecule has 0 atom stereocenters. The second-order valence-corrected chi connectivity index (χ2v) is 12.8. The van der Waals surface area contributed by atoms with Gasteiger partial charge in [0, 0.05) is 18.1 Å². The van der Waals surface area contributed by atoms with E-state index in [2.05, 4.69) is 6.30 Å². The average Bonchev–Trinajstić information content (AvgIpc) is 2.97. The van der Waals surface area contributed by atoms with E-state index >= 15 is 0 Å². The van der Waals surface area contributed by atoms with Crippen molar-refractivity contribution in [2.24, 2.45) is 4.99 Å². The van der Waals surface area contributed by atoms with Gasteiger partial charge in [0.15, 0.2) is 0 Å². The first-order chi connectivity index (χ1) is 13.6. The maximum atomic E-state index is 12.3. The normalized spacial score (nSPS) is 15.3. The van der Waals surface area contributed by atoms with Crippen molar-refractivity contribution in [2.45, 2.75) is 32.9 Å². The minimum absolute atomic E-state index is 0.00627. The molecule has 0 bridgehead atoms. The van der Waals surface area contributed by atoms with E-state index in [1.807, 2.05) is 37.1 Å². The van der Waals surface area contributed by atoms with Crippen LogP contribution in [0.1, 0.15) is 24.0 Å². The zero-order chi connectivity index (χ0) is 21.3. The Bertz CT molecular complexity index is 1170. The van der Waals surface area contributed by atoms with E-state index in [4.69, 9.17) is 21.3 Å². The molecule has 0 radical (unpaired) electrons. The molecule has 0 unspecified atom stereocenters. The second kappa shape index (κ2) is 8.50. The molecule has 0 amide bonds. The van der Waals surface area contributed by atoms with Crippen LogP contribution in [0, 0.1) is 6.92 Å². The number of hydrogen-bond acceptors (Lipinski definition) is 5. The summed E-state index contributed by atoms with van der Waals surface area (Å²) in [5.74, 6) is -0.399. The summed E-state index contributed by atoms with van der Waals surface area (Å²) in [5.41, 5.74) is 2.29. The number of methoxy groups -OCH3 is 1. The number of carbonyl (C=O) groups is 1. The molecule has 2 heterocycles. The number of nitrogens with zero attached hydrogens (tertiary/aromatic N) is 3. The number of carbonyl (C=O) groups excluding carboxylic acids is 1. The van der Waals surface area contributed by atoms with Crippen LogP contribution in [-0.2, 0) is 22.6 Å². The predicted octanol–water partition coefficient (Wildman–Crippen LogP) is 3.92. The Kier molecular flexibility index (Phi) is 6.42. The molecule has 1 aromatic carbocycles. The molecule has 6 nitrogen and oxygen atoms in total. The first-order valence-corrected chi connectivity index (χ1v) is 13.3. The zero-order valence-corrected chi connectivity index (χ0v) is 19.5. The lowest BCUT2D eigenvalue weighted by atomic mass is 10.1. The van der Waals surface area contributed by atoms with Crippen molar-refractivity contribution < 1.29 is 9.53 Å². The topological polar surface area (TPSA) is 65.6 Å². The Hall–Kier alpha value is -1.82. The first kappa shape index (κ1) is 21.9. The minimum atomic E-state index is -1.89. The number of hydrogen-bond donors (Lipinski definition) is 0. The highest BCUT2D eigenvalue weighted by atomic mass is 35.5. The quantitative estimate of drug-likeness (QED) is 0.400. The van der Waals surface area contributed by atoms with Gasteiger partial charge in [-0.1, -0.05) is 24.8 Å². The largest absolute Gasteiger partial charge is 0.465 e.